The Bertz CT molecular complexity index is 1010. The molecular formula is C14H11N5O4S. The number of aromatic nitrogens is 2. The van der Waals surface area contributed by atoms with Crippen LogP contribution in [0.5, 0.6) is 0 Å². The Morgan fingerprint density at radius 1 is 1.38 bits per heavy atom. The highest BCUT2D eigenvalue weighted by atomic mass is 32.1. The zero-order valence-corrected chi connectivity index (χ0v) is 13.2. The molecule has 0 spiro atoms. The van der Waals surface area contributed by atoms with E-state index in [1.807, 2.05) is 0 Å². The molecule has 0 saturated carbocycles. The minimum atomic E-state index is -0.711. The molecule has 10 heteroatoms. The van der Waals surface area contributed by atoms with Crippen molar-refractivity contribution in [2.75, 3.05) is 10.7 Å². The van der Waals surface area contributed by atoms with Crippen molar-refractivity contribution in [3.8, 4) is 0 Å². The second kappa shape index (κ2) is 6.08. The van der Waals surface area contributed by atoms with Crippen LogP contribution < -0.4 is 16.3 Å². The van der Waals surface area contributed by atoms with Gasteiger partial charge >= 0.3 is 6.03 Å². The molecule has 0 aliphatic rings. The lowest BCUT2D eigenvalue weighted by atomic mass is 10.3. The van der Waals surface area contributed by atoms with Gasteiger partial charge in [-0.1, -0.05) is 6.07 Å². The van der Waals surface area contributed by atoms with Gasteiger partial charge in [-0.25, -0.2) is 19.9 Å². The maximum atomic E-state index is 12.3. The first-order valence-electron chi connectivity index (χ1n) is 6.75. The monoisotopic (exact) mass is 345 g/mol. The number of benzene rings is 1. The number of hydrogen-bond acceptors (Lipinski definition) is 6. The standard InChI is InChI=1S/C14H11N5O4S/c1-8-15-12-11(5-6-24-12)13(20)18(8)17-14(21)16-9-3-2-4-10(7-9)19(22)23/h2-7H,1H3,(H2,16,17,21). The molecule has 0 aliphatic heterocycles. The quantitative estimate of drug-likeness (QED) is 0.558. The summed E-state index contributed by atoms with van der Waals surface area (Å²) in [6.45, 7) is 1.59. The minimum Gasteiger partial charge on any atom is -0.306 e. The molecule has 0 atom stereocenters. The highest BCUT2D eigenvalue weighted by Gasteiger charge is 2.12. The molecule has 0 aliphatic carbocycles. The Hall–Kier alpha value is -3.27. The fourth-order valence-corrected chi connectivity index (χ4v) is 2.90. The van der Waals surface area contributed by atoms with Crippen LogP contribution in [0.1, 0.15) is 5.82 Å². The van der Waals surface area contributed by atoms with Gasteiger partial charge in [-0.15, -0.1) is 11.3 Å². The molecule has 0 bridgehead atoms. The number of nitro groups is 1. The predicted octanol–water partition coefficient (Wildman–Crippen LogP) is 2.45. The largest absolute Gasteiger partial charge is 0.338 e. The number of nitro benzene ring substituents is 1. The van der Waals surface area contributed by atoms with Crippen LogP contribution >= 0.6 is 11.3 Å². The maximum Gasteiger partial charge on any atom is 0.338 e. The Labute approximate surface area is 138 Å². The number of non-ortho nitro benzene ring substituents is 1. The Morgan fingerprint density at radius 3 is 2.92 bits per heavy atom. The minimum absolute atomic E-state index is 0.150. The molecule has 3 rings (SSSR count). The van der Waals surface area contributed by atoms with E-state index in [1.165, 1.54) is 35.6 Å². The first kappa shape index (κ1) is 15.6. The molecule has 0 fully saturated rings. The van der Waals surface area contributed by atoms with E-state index >= 15 is 0 Å². The van der Waals surface area contributed by atoms with Crippen molar-refractivity contribution >= 4 is 39.0 Å². The second-order valence-corrected chi connectivity index (χ2v) is 5.71. The van der Waals surface area contributed by atoms with Gasteiger partial charge < -0.3 is 5.32 Å². The van der Waals surface area contributed by atoms with E-state index in [0.717, 1.165) is 4.68 Å². The zero-order chi connectivity index (χ0) is 17.3. The molecular weight excluding hydrogens is 334 g/mol. The molecule has 2 aromatic heterocycles. The van der Waals surface area contributed by atoms with Crippen LogP contribution in [-0.2, 0) is 0 Å². The van der Waals surface area contributed by atoms with E-state index in [-0.39, 0.29) is 11.4 Å². The van der Waals surface area contributed by atoms with Crippen LogP contribution in [0.15, 0.2) is 40.5 Å². The van der Waals surface area contributed by atoms with E-state index in [2.05, 4.69) is 15.7 Å². The molecule has 2 heterocycles. The molecule has 0 unspecified atom stereocenters. The van der Waals surface area contributed by atoms with E-state index in [4.69, 9.17) is 0 Å². The average molecular weight is 345 g/mol. The molecule has 2 N–H and O–H groups in total. The number of nitrogens with one attached hydrogen (secondary N) is 2. The molecule has 9 nitrogen and oxygen atoms in total. The van der Waals surface area contributed by atoms with Gasteiger partial charge in [-0.3, -0.25) is 14.9 Å². The second-order valence-electron chi connectivity index (χ2n) is 4.81. The van der Waals surface area contributed by atoms with Crippen LogP contribution in [0.2, 0.25) is 0 Å². The number of amides is 2. The van der Waals surface area contributed by atoms with Crippen molar-refractivity contribution in [3.05, 3.63) is 62.0 Å². The summed E-state index contributed by atoms with van der Waals surface area (Å²) in [5.74, 6) is 0.323. The molecule has 0 radical (unpaired) electrons. The van der Waals surface area contributed by atoms with Crippen molar-refractivity contribution in [3.63, 3.8) is 0 Å². The van der Waals surface area contributed by atoms with Crippen LogP contribution in [0.3, 0.4) is 0 Å². The number of aryl methyl sites for hydroxylation is 1. The fraction of sp³-hybridized carbons (Fsp3) is 0.0714. The SMILES string of the molecule is Cc1nc2sccc2c(=O)n1NC(=O)Nc1cccc([N+](=O)[O-])c1. The first-order valence-corrected chi connectivity index (χ1v) is 7.63. The number of thiophene rings is 1. The normalized spacial score (nSPS) is 10.5. The summed E-state index contributed by atoms with van der Waals surface area (Å²) in [6, 6.07) is 6.40. The topological polar surface area (TPSA) is 119 Å². The van der Waals surface area contributed by atoms with Gasteiger partial charge in [0.2, 0.25) is 0 Å². The average Bonchev–Trinajstić information content (AvgIpc) is 3.00. The lowest BCUT2D eigenvalue weighted by Gasteiger charge is -2.11. The lowest BCUT2D eigenvalue weighted by Crippen LogP contribution is -2.37. The van der Waals surface area contributed by atoms with E-state index in [0.29, 0.717) is 16.0 Å². The van der Waals surface area contributed by atoms with Gasteiger partial charge in [0.1, 0.15) is 10.7 Å². The van der Waals surface area contributed by atoms with E-state index in [9.17, 15) is 19.7 Å². The van der Waals surface area contributed by atoms with Gasteiger partial charge in [-0.2, -0.15) is 0 Å². The van der Waals surface area contributed by atoms with Crippen LogP contribution in [0.25, 0.3) is 10.2 Å². The highest BCUT2D eigenvalue weighted by Crippen LogP contribution is 2.17. The number of fused-ring (bicyclic) bond motifs is 1. The van der Waals surface area contributed by atoms with Gasteiger partial charge in [0.05, 0.1) is 10.3 Å². The summed E-state index contributed by atoms with van der Waals surface area (Å²) in [7, 11) is 0. The third-order valence-corrected chi connectivity index (χ3v) is 4.00. The number of urea groups is 1. The van der Waals surface area contributed by atoms with Gasteiger partial charge in [0, 0.05) is 17.8 Å². The molecule has 122 valence electrons. The van der Waals surface area contributed by atoms with Crippen molar-refractivity contribution in [2.24, 2.45) is 0 Å². The number of hydrogen-bond donors (Lipinski definition) is 2. The van der Waals surface area contributed by atoms with Crippen molar-refractivity contribution < 1.29 is 9.72 Å². The molecule has 24 heavy (non-hydrogen) atoms. The Morgan fingerprint density at radius 2 is 2.17 bits per heavy atom. The first-order chi connectivity index (χ1) is 11.5. The number of carbonyl (C=O) groups excluding carboxylic acids is 1. The molecule has 0 saturated heterocycles. The summed E-state index contributed by atoms with van der Waals surface area (Å²) in [4.78, 5) is 39.4. The van der Waals surface area contributed by atoms with E-state index in [1.54, 1.807) is 18.4 Å². The summed E-state index contributed by atoms with van der Waals surface area (Å²) in [6.07, 6.45) is 0. The third-order valence-electron chi connectivity index (χ3n) is 3.19. The van der Waals surface area contributed by atoms with Crippen molar-refractivity contribution in [1.82, 2.24) is 9.66 Å². The molecule has 2 amide bonds. The van der Waals surface area contributed by atoms with Crippen molar-refractivity contribution in [2.45, 2.75) is 6.92 Å². The van der Waals surface area contributed by atoms with Gasteiger partial charge in [0.25, 0.3) is 11.2 Å². The number of anilines is 1. The summed E-state index contributed by atoms with van der Waals surface area (Å²) >= 11 is 1.33. The number of nitrogens with zero attached hydrogens (tertiary/aromatic N) is 3. The van der Waals surface area contributed by atoms with E-state index < -0.39 is 16.5 Å². The summed E-state index contributed by atoms with van der Waals surface area (Å²) in [5.41, 5.74) is 2.07. The fourth-order valence-electron chi connectivity index (χ4n) is 2.10. The molecule has 1 aromatic carbocycles. The van der Waals surface area contributed by atoms with Gasteiger partial charge in [0.15, 0.2) is 0 Å². The predicted molar refractivity (Wildman–Crippen MR) is 90.1 cm³/mol. The van der Waals surface area contributed by atoms with Crippen LogP contribution in [0.4, 0.5) is 16.2 Å². The third kappa shape index (κ3) is 2.94. The lowest BCUT2D eigenvalue weighted by molar-refractivity contribution is -0.384. The number of rotatable bonds is 3. The Kier molecular flexibility index (Phi) is 3.96. The summed E-state index contributed by atoms with van der Waals surface area (Å²) in [5, 5.41) is 15.3. The number of carbonyl (C=O) groups is 1. The van der Waals surface area contributed by atoms with Gasteiger partial charge in [-0.05, 0) is 24.4 Å². The maximum absolute atomic E-state index is 12.3. The van der Waals surface area contributed by atoms with Crippen LogP contribution in [0, 0.1) is 17.0 Å². The molecule has 3 aromatic rings. The zero-order valence-electron chi connectivity index (χ0n) is 12.3. The highest BCUT2D eigenvalue weighted by molar-refractivity contribution is 7.16. The van der Waals surface area contributed by atoms with Crippen LogP contribution in [-0.4, -0.2) is 20.6 Å². The smallest absolute Gasteiger partial charge is 0.306 e. The summed E-state index contributed by atoms with van der Waals surface area (Å²) < 4.78 is 1.03. The van der Waals surface area contributed by atoms with Crippen molar-refractivity contribution in [1.29, 1.82) is 0 Å². The Balaban J connectivity index is 1.84.